The predicted octanol–water partition coefficient (Wildman–Crippen LogP) is 2.47. The van der Waals surface area contributed by atoms with Crippen molar-refractivity contribution in [2.24, 2.45) is 5.92 Å². The molecule has 0 bridgehead atoms. The van der Waals surface area contributed by atoms with Crippen molar-refractivity contribution in [3.05, 3.63) is 0 Å². The van der Waals surface area contributed by atoms with E-state index in [1.54, 1.807) is 0 Å². The highest BCUT2D eigenvalue weighted by Gasteiger charge is 2.16. The van der Waals surface area contributed by atoms with Crippen LogP contribution in [-0.4, -0.2) is 38.4 Å². The summed E-state index contributed by atoms with van der Waals surface area (Å²) in [5, 5.41) is 0. The molecule has 0 aliphatic heterocycles. The van der Waals surface area contributed by atoms with E-state index in [1.807, 2.05) is 6.92 Å². The van der Waals surface area contributed by atoms with Crippen molar-refractivity contribution in [3.8, 4) is 0 Å². The van der Waals surface area contributed by atoms with Crippen LogP contribution in [0.25, 0.3) is 0 Å². The molecule has 0 spiro atoms. The van der Waals surface area contributed by atoms with Crippen LogP contribution < -0.4 is 0 Å². The summed E-state index contributed by atoms with van der Waals surface area (Å²) in [5.74, 6) is -0.178. The van der Waals surface area contributed by atoms with Gasteiger partial charge in [-0.05, 0) is 25.7 Å². The van der Waals surface area contributed by atoms with E-state index in [1.165, 1.54) is 19.3 Å². The van der Waals surface area contributed by atoms with E-state index in [0.29, 0.717) is 25.7 Å². The second kappa shape index (κ2) is 10.7. The maximum absolute atomic E-state index is 11.5. The minimum Gasteiger partial charge on any atom is -0.465 e. The summed E-state index contributed by atoms with van der Waals surface area (Å²) in [6, 6.07) is 0. The summed E-state index contributed by atoms with van der Waals surface area (Å²) in [6.07, 6.45) is 6.22. The van der Waals surface area contributed by atoms with Gasteiger partial charge in [0.15, 0.2) is 0 Å². The Morgan fingerprint density at radius 1 is 0.950 bits per heavy atom. The van der Waals surface area contributed by atoms with Gasteiger partial charge in [-0.25, -0.2) is 0 Å². The van der Waals surface area contributed by atoms with Gasteiger partial charge in [0.2, 0.25) is 0 Å². The Bertz CT molecular complexity index is 284. The number of carbonyl (C=O) groups is 2. The first kappa shape index (κ1) is 17.0. The third-order valence-electron chi connectivity index (χ3n) is 3.43. The van der Waals surface area contributed by atoms with Crippen molar-refractivity contribution in [2.45, 2.75) is 51.9 Å². The summed E-state index contributed by atoms with van der Waals surface area (Å²) in [5.41, 5.74) is 0. The van der Waals surface area contributed by atoms with E-state index in [-0.39, 0.29) is 31.4 Å². The molecule has 0 saturated heterocycles. The fourth-order valence-electron chi connectivity index (χ4n) is 2.27. The van der Waals surface area contributed by atoms with Crippen molar-refractivity contribution in [2.75, 3.05) is 26.4 Å². The fourth-order valence-corrected chi connectivity index (χ4v) is 2.27. The van der Waals surface area contributed by atoms with Crippen LogP contribution in [0.4, 0.5) is 0 Å². The maximum Gasteiger partial charge on any atom is 0.306 e. The topological polar surface area (TPSA) is 61.8 Å². The molecular formula is C15H26O5. The minimum absolute atomic E-state index is 0.0790. The van der Waals surface area contributed by atoms with Gasteiger partial charge in [0.1, 0.15) is 6.61 Å². The Hall–Kier alpha value is -1.10. The Kier molecular flexibility index (Phi) is 9.04. The first-order valence-corrected chi connectivity index (χ1v) is 7.61. The van der Waals surface area contributed by atoms with Crippen LogP contribution in [0.5, 0.6) is 0 Å². The molecule has 5 nitrogen and oxygen atoms in total. The molecule has 20 heavy (non-hydrogen) atoms. The van der Waals surface area contributed by atoms with Gasteiger partial charge in [-0.2, -0.15) is 0 Å². The van der Waals surface area contributed by atoms with Crippen molar-refractivity contribution < 1.29 is 23.8 Å². The number of rotatable bonds is 9. The zero-order chi connectivity index (χ0) is 14.6. The maximum atomic E-state index is 11.5. The Morgan fingerprint density at radius 2 is 1.60 bits per heavy atom. The van der Waals surface area contributed by atoms with Crippen LogP contribution in [0.3, 0.4) is 0 Å². The first-order valence-electron chi connectivity index (χ1n) is 7.61. The second-order valence-electron chi connectivity index (χ2n) is 5.10. The van der Waals surface area contributed by atoms with E-state index < -0.39 is 0 Å². The van der Waals surface area contributed by atoms with Crippen molar-refractivity contribution in [3.63, 3.8) is 0 Å². The molecule has 1 aliphatic rings. The lowest BCUT2D eigenvalue weighted by molar-refractivity contribution is -0.152. The molecule has 1 aliphatic carbocycles. The molecule has 0 atom stereocenters. The van der Waals surface area contributed by atoms with E-state index >= 15 is 0 Å². The number of hydrogen-bond donors (Lipinski definition) is 0. The molecule has 116 valence electrons. The van der Waals surface area contributed by atoms with Gasteiger partial charge < -0.3 is 14.2 Å². The molecule has 0 heterocycles. The molecule has 0 radical (unpaired) electrons. The van der Waals surface area contributed by atoms with E-state index in [4.69, 9.17) is 14.2 Å². The molecule has 5 heteroatoms. The van der Waals surface area contributed by atoms with Crippen LogP contribution >= 0.6 is 0 Å². The third kappa shape index (κ3) is 8.15. The van der Waals surface area contributed by atoms with Crippen LogP contribution in [0.1, 0.15) is 51.9 Å². The molecule has 0 N–H and O–H groups in total. The van der Waals surface area contributed by atoms with Crippen LogP contribution in [0.15, 0.2) is 0 Å². The lowest BCUT2D eigenvalue weighted by Crippen LogP contribution is -2.18. The Balaban J connectivity index is 1.99. The number of carbonyl (C=O) groups excluding carboxylic acids is 2. The van der Waals surface area contributed by atoms with Crippen LogP contribution in [-0.2, 0) is 23.8 Å². The molecular weight excluding hydrogens is 260 g/mol. The van der Waals surface area contributed by atoms with Crippen molar-refractivity contribution >= 4 is 11.9 Å². The van der Waals surface area contributed by atoms with Gasteiger partial charge in [0, 0.05) is 6.61 Å². The highest BCUT2D eigenvalue weighted by Crippen LogP contribution is 2.23. The molecule has 1 fully saturated rings. The molecule has 1 saturated carbocycles. The average Bonchev–Trinajstić information content (AvgIpc) is 2.48. The van der Waals surface area contributed by atoms with Crippen LogP contribution in [0, 0.1) is 5.92 Å². The van der Waals surface area contributed by atoms with Crippen molar-refractivity contribution in [1.82, 2.24) is 0 Å². The normalized spacial score (nSPS) is 15.8. The fraction of sp³-hybridized carbons (Fsp3) is 0.867. The SMILES string of the molecule is CCOCCOC(=O)CCC(=O)OCC1CCCCC1. The largest absolute Gasteiger partial charge is 0.465 e. The second-order valence-corrected chi connectivity index (χ2v) is 5.10. The minimum atomic E-state index is -0.376. The standard InChI is InChI=1S/C15H26O5/c1-2-18-10-11-19-14(16)8-9-15(17)20-12-13-6-4-3-5-7-13/h13H,2-12H2,1H3. The summed E-state index contributed by atoms with van der Waals surface area (Å²) >= 11 is 0. The van der Waals surface area contributed by atoms with E-state index in [9.17, 15) is 9.59 Å². The summed E-state index contributed by atoms with van der Waals surface area (Å²) in [7, 11) is 0. The van der Waals surface area contributed by atoms with E-state index in [0.717, 1.165) is 12.8 Å². The van der Waals surface area contributed by atoms with Crippen molar-refractivity contribution in [1.29, 1.82) is 0 Å². The van der Waals surface area contributed by atoms with Gasteiger partial charge in [0.05, 0.1) is 26.1 Å². The highest BCUT2D eigenvalue weighted by molar-refractivity contribution is 5.77. The monoisotopic (exact) mass is 286 g/mol. The quantitative estimate of drug-likeness (QED) is 0.481. The van der Waals surface area contributed by atoms with E-state index in [2.05, 4.69) is 0 Å². The number of ether oxygens (including phenoxy) is 3. The summed E-state index contributed by atoms with van der Waals surface area (Å²) in [4.78, 5) is 22.8. The third-order valence-corrected chi connectivity index (χ3v) is 3.43. The molecule has 0 amide bonds. The molecule has 0 unspecified atom stereocenters. The molecule has 1 rings (SSSR count). The lowest BCUT2D eigenvalue weighted by Gasteiger charge is -2.20. The predicted molar refractivity (Wildman–Crippen MR) is 74.2 cm³/mol. The van der Waals surface area contributed by atoms with Crippen LogP contribution in [0.2, 0.25) is 0 Å². The average molecular weight is 286 g/mol. The first-order chi connectivity index (χ1) is 9.72. The van der Waals surface area contributed by atoms with Gasteiger partial charge >= 0.3 is 11.9 Å². The highest BCUT2D eigenvalue weighted by atomic mass is 16.6. The molecule has 0 aromatic carbocycles. The zero-order valence-corrected chi connectivity index (χ0v) is 12.4. The zero-order valence-electron chi connectivity index (χ0n) is 12.4. The van der Waals surface area contributed by atoms with Gasteiger partial charge in [-0.1, -0.05) is 19.3 Å². The van der Waals surface area contributed by atoms with Gasteiger partial charge in [-0.3, -0.25) is 9.59 Å². The lowest BCUT2D eigenvalue weighted by atomic mass is 9.90. The van der Waals surface area contributed by atoms with Gasteiger partial charge in [0.25, 0.3) is 0 Å². The van der Waals surface area contributed by atoms with Gasteiger partial charge in [-0.15, -0.1) is 0 Å². The number of esters is 2. The molecule has 0 aromatic heterocycles. The summed E-state index contributed by atoms with van der Waals surface area (Å²) < 4.78 is 15.2. The Labute approximate surface area is 121 Å². The summed E-state index contributed by atoms with van der Waals surface area (Å²) in [6.45, 7) is 3.62. The number of hydrogen-bond acceptors (Lipinski definition) is 5. The Morgan fingerprint density at radius 3 is 2.25 bits per heavy atom. The molecule has 0 aromatic rings. The smallest absolute Gasteiger partial charge is 0.306 e.